The number of Topliss-reactive ketones (excluding diaryl/α,β-unsaturated/α-hetero) is 1. The zero-order chi connectivity index (χ0) is 37.9. The lowest BCUT2D eigenvalue weighted by Crippen LogP contribution is -2.40. The van der Waals surface area contributed by atoms with E-state index in [1.165, 1.54) is 19.1 Å². The van der Waals surface area contributed by atoms with Crippen molar-refractivity contribution >= 4 is 96.8 Å². The van der Waals surface area contributed by atoms with Crippen molar-refractivity contribution in [2.24, 2.45) is 0 Å². The number of carbonyl (C=O) groups is 1. The molecule has 0 unspecified atom stereocenters. The van der Waals surface area contributed by atoms with Crippen molar-refractivity contribution in [3.05, 3.63) is 138 Å². The molecule has 0 aromatic heterocycles. The molecule has 2 nitrogen and oxygen atoms in total. The van der Waals surface area contributed by atoms with Crippen LogP contribution in [0, 0.1) is 23.3 Å². The normalized spacial score (nSPS) is 10.9. The van der Waals surface area contributed by atoms with Gasteiger partial charge in [0.2, 0.25) is 8.32 Å². The number of rotatable bonds is 5. The molecular weight excluding hydrogens is 940 g/mol. The van der Waals surface area contributed by atoms with E-state index in [4.69, 9.17) is 4.43 Å². The Hall–Kier alpha value is -1.84. The molecule has 4 aromatic carbocycles. The first-order chi connectivity index (χ1) is 22.4. The van der Waals surface area contributed by atoms with Gasteiger partial charge in [0.15, 0.2) is 5.78 Å². The predicted octanol–water partition coefficient (Wildman–Crippen LogP) is 14.7. The van der Waals surface area contributed by atoms with E-state index in [1.807, 2.05) is 12.1 Å². The van der Waals surface area contributed by atoms with Gasteiger partial charge in [0.05, 0.1) is 37.1 Å². The standard InChI is InChI=1S/C14H20BrFOSi.C9H12BrFSi.C8H6BrFO.C6H4BrF.CH4/c1-10(17-18(5,6)14(2,3)4)11-8-7-9-12(15)13(11)16;1-12(2,3)8-6-4-5-7(10)9(8)11;1-5(11)6-3-2-4-7(9)8(6)10;7-5-3-1-2-4-6(5)8;/h7-9H,1H2,2-6H3;4-6H,1-3H3;2-4H,1H3;1-4H;1H4. The average molecular weight is 987 g/mol. The number of ketones is 1. The highest BCUT2D eigenvalue weighted by atomic mass is 79.9. The molecule has 274 valence electrons. The van der Waals surface area contributed by atoms with Crippen LogP contribution in [0.3, 0.4) is 0 Å². The summed E-state index contributed by atoms with van der Waals surface area (Å²) in [6.07, 6.45) is 0. The van der Waals surface area contributed by atoms with Crippen molar-refractivity contribution in [3.8, 4) is 0 Å². The third kappa shape index (κ3) is 15.0. The molecule has 12 heteroatoms. The summed E-state index contributed by atoms with van der Waals surface area (Å²) in [5.41, 5.74) is 0.550. The second kappa shape index (κ2) is 21.0. The molecule has 0 radical (unpaired) electrons. The van der Waals surface area contributed by atoms with Gasteiger partial charge < -0.3 is 4.43 Å². The lowest BCUT2D eigenvalue weighted by atomic mass is 10.1. The molecule has 0 saturated carbocycles. The third-order valence-corrected chi connectivity index (χ3v) is 16.2. The molecule has 0 spiro atoms. The van der Waals surface area contributed by atoms with E-state index in [2.05, 4.69) is 124 Å². The van der Waals surface area contributed by atoms with Crippen molar-refractivity contribution in [2.75, 3.05) is 0 Å². The summed E-state index contributed by atoms with van der Waals surface area (Å²) in [6, 6.07) is 21.8. The first-order valence-electron chi connectivity index (χ1n) is 15.0. The smallest absolute Gasteiger partial charge is 0.250 e. The average Bonchev–Trinajstić information content (AvgIpc) is 2.98. The highest BCUT2D eigenvalue weighted by molar-refractivity contribution is 9.11. The van der Waals surface area contributed by atoms with Gasteiger partial charge in [-0.2, -0.15) is 0 Å². The van der Waals surface area contributed by atoms with E-state index >= 15 is 0 Å². The summed E-state index contributed by atoms with van der Waals surface area (Å²) in [7, 11) is -3.49. The Morgan fingerprint density at radius 1 is 0.640 bits per heavy atom. The van der Waals surface area contributed by atoms with Crippen LogP contribution in [0.5, 0.6) is 0 Å². The topological polar surface area (TPSA) is 26.3 Å². The summed E-state index contributed by atoms with van der Waals surface area (Å²) in [5.74, 6) is -0.949. The molecule has 0 amide bonds. The quantitative estimate of drug-likeness (QED) is 0.0862. The van der Waals surface area contributed by atoms with Gasteiger partial charge in [-0.25, -0.2) is 17.6 Å². The Labute approximate surface area is 331 Å². The highest BCUT2D eigenvalue weighted by Crippen LogP contribution is 2.39. The number of halogens is 8. The van der Waals surface area contributed by atoms with Crippen molar-refractivity contribution in [1.82, 2.24) is 0 Å². The molecular formula is C38H46Br4F4O2Si2. The summed E-state index contributed by atoms with van der Waals surface area (Å²) < 4.78 is 60.5. The van der Waals surface area contributed by atoms with Gasteiger partial charge in [0.25, 0.3) is 0 Å². The zero-order valence-electron chi connectivity index (χ0n) is 29.1. The molecule has 0 heterocycles. The van der Waals surface area contributed by atoms with Crippen LogP contribution in [-0.4, -0.2) is 22.2 Å². The van der Waals surface area contributed by atoms with Gasteiger partial charge in [-0.3, -0.25) is 4.79 Å². The lowest BCUT2D eigenvalue weighted by Gasteiger charge is -2.37. The van der Waals surface area contributed by atoms with E-state index in [0.29, 0.717) is 29.2 Å². The molecule has 0 aliphatic carbocycles. The fraction of sp³-hybridized carbons (Fsp3) is 0.289. The molecule has 0 N–H and O–H groups in total. The Morgan fingerprint density at radius 3 is 1.40 bits per heavy atom. The van der Waals surface area contributed by atoms with Crippen LogP contribution in [0.2, 0.25) is 37.8 Å². The Bertz CT molecular complexity index is 1720. The maximum Gasteiger partial charge on any atom is 0.250 e. The van der Waals surface area contributed by atoms with Crippen molar-refractivity contribution in [2.45, 2.75) is 72.9 Å². The molecule has 0 bridgehead atoms. The summed E-state index contributed by atoms with van der Waals surface area (Å²) in [5, 5.41) is 0.954. The van der Waals surface area contributed by atoms with Crippen LogP contribution < -0.4 is 5.19 Å². The number of carbonyl (C=O) groups excluding carboxylic acids is 1. The van der Waals surface area contributed by atoms with Gasteiger partial charge in [-0.1, -0.05) is 90.8 Å². The van der Waals surface area contributed by atoms with E-state index in [1.54, 1.807) is 54.6 Å². The largest absolute Gasteiger partial charge is 0.543 e. The van der Waals surface area contributed by atoms with Crippen molar-refractivity contribution < 1.29 is 26.8 Å². The third-order valence-electron chi connectivity index (χ3n) is 7.35. The molecule has 4 aromatic rings. The van der Waals surface area contributed by atoms with E-state index in [0.717, 1.165) is 5.19 Å². The minimum atomic E-state index is -1.97. The second-order valence-corrected chi connectivity index (χ2v) is 26.5. The number of benzene rings is 4. The molecule has 0 saturated heterocycles. The second-order valence-electron chi connectivity index (χ2n) is 13.3. The Balaban J connectivity index is 0.000000662. The van der Waals surface area contributed by atoms with Gasteiger partial charge in [-0.05, 0) is 136 Å². The zero-order valence-corrected chi connectivity index (χ0v) is 37.4. The molecule has 0 atom stereocenters. The molecule has 50 heavy (non-hydrogen) atoms. The fourth-order valence-electron chi connectivity index (χ4n) is 3.53. The Morgan fingerprint density at radius 2 is 1.04 bits per heavy atom. The first-order valence-corrected chi connectivity index (χ1v) is 24.6. The van der Waals surface area contributed by atoms with E-state index in [9.17, 15) is 22.4 Å². The monoisotopic (exact) mass is 982 g/mol. The van der Waals surface area contributed by atoms with E-state index < -0.39 is 22.2 Å². The van der Waals surface area contributed by atoms with Crippen molar-refractivity contribution in [1.29, 1.82) is 0 Å². The van der Waals surface area contributed by atoms with Crippen molar-refractivity contribution in [3.63, 3.8) is 0 Å². The summed E-state index contributed by atoms with van der Waals surface area (Å²) >= 11 is 12.4. The number of hydrogen-bond acceptors (Lipinski definition) is 2. The number of hydrogen-bond donors (Lipinski definition) is 0. The van der Waals surface area contributed by atoms with Crippen LogP contribution >= 0.6 is 63.7 Å². The summed E-state index contributed by atoms with van der Waals surface area (Å²) in [6.45, 7) is 22.3. The maximum atomic E-state index is 14.0. The van der Waals surface area contributed by atoms with Crippen LogP contribution in [0.1, 0.15) is 51.0 Å². The predicted molar refractivity (Wildman–Crippen MR) is 223 cm³/mol. The van der Waals surface area contributed by atoms with Gasteiger partial charge >= 0.3 is 0 Å². The molecule has 0 aliphatic rings. The summed E-state index contributed by atoms with van der Waals surface area (Å²) in [4.78, 5) is 10.8. The van der Waals surface area contributed by atoms with Crippen LogP contribution in [0.4, 0.5) is 17.6 Å². The Kier molecular flexibility index (Phi) is 20.2. The minimum Gasteiger partial charge on any atom is -0.543 e. The van der Waals surface area contributed by atoms with Crippen LogP contribution in [0.15, 0.2) is 103 Å². The lowest BCUT2D eigenvalue weighted by molar-refractivity contribution is 0.101. The fourth-order valence-corrected chi connectivity index (χ4v) is 7.52. The van der Waals surface area contributed by atoms with Gasteiger partial charge in [0.1, 0.15) is 29.0 Å². The molecule has 0 aliphatic heterocycles. The molecule has 4 rings (SSSR count). The van der Waals surface area contributed by atoms with Crippen LogP contribution in [0.25, 0.3) is 5.76 Å². The molecule has 0 fully saturated rings. The maximum absolute atomic E-state index is 14.0. The van der Waals surface area contributed by atoms with Gasteiger partial charge in [-0.15, -0.1) is 0 Å². The first kappa shape index (κ1) is 48.2. The SMILES string of the molecule is C.C=C(O[Si](C)(C)C(C)(C)C)c1cccc(Br)c1F.CC(=O)c1cccc(Br)c1F.C[Si](C)(C)c1cccc(Br)c1F.Fc1ccccc1Br. The van der Waals surface area contributed by atoms with Gasteiger partial charge in [0, 0.05) is 0 Å². The minimum absolute atomic E-state index is 0. The highest BCUT2D eigenvalue weighted by Gasteiger charge is 2.39. The van der Waals surface area contributed by atoms with E-state index in [-0.39, 0.29) is 41.3 Å². The van der Waals surface area contributed by atoms with Crippen LogP contribution in [-0.2, 0) is 4.43 Å².